The maximum atomic E-state index is 12.5. The molecule has 0 aromatic heterocycles. The summed E-state index contributed by atoms with van der Waals surface area (Å²) in [5.74, 6) is 0.704. The first-order chi connectivity index (χ1) is 11.7. The van der Waals surface area contributed by atoms with Gasteiger partial charge in [-0.15, -0.1) is 0 Å². The van der Waals surface area contributed by atoms with Crippen molar-refractivity contribution in [1.82, 2.24) is 5.32 Å². The first-order valence-electron chi connectivity index (χ1n) is 7.60. The second-order valence-electron chi connectivity index (χ2n) is 5.65. The second-order valence-corrected chi connectivity index (χ2v) is 5.65. The quantitative estimate of drug-likeness (QED) is 0.778. The third-order valence-electron chi connectivity index (χ3n) is 3.79. The van der Waals surface area contributed by atoms with Gasteiger partial charge in [0.15, 0.2) is 6.73 Å². The van der Waals surface area contributed by atoms with Gasteiger partial charge in [0.2, 0.25) is 0 Å². The summed E-state index contributed by atoms with van der Waals surface area (Å²) in [6.07, 6.45) is -4.40. The largest absolute Gasteiger partial charge is 0.473 e. The summed E-state index contributed by atoms with van der Waals surface area (Å²) in [4.78, 5) is 11.8. The number of benzene rings is 2. The number of halogens is 3. The summed E-state index contributed by atoms with van der Waals surface area (Å²) in [5, 5.41) is 4.95. The van der Waals surface area contributed by atoms with E-state index in [-0.39, 0.29) is 12.4 Å². The van der Waals surface area contributed by atoms with Crippen LogP contribution >= 0.6 is 0 Å². The molecule has 2 amide bonds. The van der Waals surface area contributed by atoms with Crippen LogP contribution < -0.4 is 15.4 Å². The topological polar surface area (TPSA) is 50.4 Å². The number of carbonyl (C=O) groups excluding carboxylic acids is 1. The van der Waals surface area contributed by atoms with Gasteiger partial charge in [0.25, 0.3) is 0 Å². The molecular formula is C18H19F3N2O2. The SMILES string of the molecule is Cc1ccc(C)c(OCNC(=O)Nc2ccc(C(F)(F)F)cc2)c1C. The van der Waals surface area contributed by atoms with Crippen molar-refractivity contribution in [3.05, 3.63) is 58.7 Å². The molecule has 0 unspecified atom stereocenters. The maximum Gasteiger partial charge on any atom is 0.416 e. The number of alkyl halides is 3. The minimum atomic E-state index is -4.40. The highest BCUT2D eigenvalue weighted by molar-refractivity contribution is 5.89. The minimum Gasteiger partial charge on any atom is -0.473 e. The number of anilines is 1. The minimum absolute atomic E-state index is 0.0579. The number of aryl methyl sites for hydroxylation is 2. The Morgan fingerprint density at radius 2 is 1.60 bits per heavy atom. The fourth-order valence-corrected chi connectivity index (χ4v) is 2.24. The van der Waals surface area contributed by atoms with Crippen LogP contribution in [0, 0.1) is 20.8 Å². The van der Waals surface area contributed by atoms with Crippen molar-refractivity contribution in [3.8, 4) is 5.75 Å². The van der Waals surface area contributed by atoms with Gasteiger partial charge in [0.05, 0.1) is 5.56 Å². The fraction of sp³-hybridized carbons (Fsp3) is 0.278. The number of urea groups is 1. The van der Waals surface area contributed by atoms with Gasteiger partial charge in [-0.05, 0) is 61.7 Å². The molecule has 2 aromatic carbocycles. The lowest BCUT2D eigenvalue weighted by atomic mass is 10.1. The molecule has 7 heteroatoms. The van der Waals surface area contributed by atoms with E-state index in [0.717, 1.165) is 28.8 Å². The van der Waals surface area contributed by atoms with E-state index < -0.39 is 17.8 Å². The Morgan fingerprint density at radius 3 is 2.20 bits per heavy atom. The van der Waals surface area contributed by atoms with Crippen LogP contribution in [-0.4, -0.2) is 12.8 Å². The molecule has 0 aliphatic heterocycles. The van der Waals surface area contributed by atoms with E-state index in [4.69, 9.17) is 4.74 Å². The third-order valence-corrected chi connectivity index (χ3v) is 3.79. The van der Waals surface area contributed by atoms with Crippen LogP contribution in [0.1, 0.15) is 22.3 Å². The highest BCUT2D eigenvalue weighted by Crippen LogP contribution is 2.29. The van der Waals surface area contributed by atoms with Crippen LogP contribution in [0.3, 0.4) is 0 Å². The number of amides is 2. The Labute approximate surface area is 144 Å². The molecule has 0 heterocycles. The molecule has 0 radical (unpaired) electrons. The molecule has 0 bridgehead atoms. The van der Waals surface area contributed by atoms with Gasteiger partial charge in [-0.2, -0.15) is 13.2 Å². The lowest BCUT2D eigenvalue weighted by Crippen LogP contribution is -2.32. The molecule has 0 spiro atoms. The van der Waals surface area contributed by atoms with Gasteiger partial charge in [-0.1, -0.05) is 12.1 Å². The molecule has 4 nitrogen and oxygen atoms in total. The summed E-state index contributed by atoms with van der Waals surface area (Å²) in [6, 6.07) is 7.55. The van der Waals surface area contributed by atoms with Crippen LogP contribution in [0.5, 0.6) is 5.75 Å². The molecular weight excluding hydrogens is 333 g/mol. The predicted octanol–water partition coefficient (Wildman–Crippen LogP) is 4.79. The van der Waals surface area contributed by atoms with Crippen molar-refractivity contribution in [1.29, 1.82) is 0 Å². The number of carbonyl (C=O) groups is 1. The second kappa shape index (κ2) is 7.46. The van der Waals surface area contributed by atoms with Gasteiger partial charge in [0, 0.05) is 5.69 Å². The normalized spacial score (nSPS) is 11.1. The van der Waals surface area contributed by atoms with Gasteiger partial charge >= 0.3 is 12.2 Å². The summed E-state index contributed by atoms with van der Waals surface area (Å²) in [6.45, 7) is 5.74. The molecule has 2 aromatic rings. The first-order valence-corrected chi connectivity index (χ1v) is 7.60. The van der Waals surface area contributed by atoms with Crippen LogP contribution in [0.15, 0.2) is 36.4 Å². The van der Waals surface area contributed by atoms with Gasteiger partial charge in [-0.25, -0.2) is 4.79 Å². The van der Waals surface area contributed by atoms with E-state index in [2.05, 4.69) is 10.6 Å². The fourth-order valence-electron chi connectivity index (χ4n) is 2.24. The molecule has 25 heavy (non-hydrogen) atoms. The zero-order valence-corrected chi connectivity index (χ0v) is 14.1. The van der Waals surface area contributed by atoms with E-state index >= 15 is 0 Å². The number of hydrogen-bond donors (Lipinski definition) is 2. The summed E-state index contributed by atoms with van der Waals surface area (Å²) >= 11 is 0. The summed E-state index contributed by atoms with van der Waals surface area (Å²) < 4.78 is 43.1. The van der Waals surface area contributed by atoms with Gasteiger partial charge < -0.3 is 15.4 Å². The number of ether oxygens (including phenoxy) is 1. The van der Waals surface area contributed by atoms with E-state index in [1.807, 2.05) is 32.9 Å². The predicted molar refractivity (Wildman–Crippen MR) is 89.7 cm³/mol. The van der Waals surface area contributed by atoms with Crippen LogP contribution in [0.2, 0.25) is 0 Å². The molecule has 0 aliphatic rings. The molecule has 0 saturated heterocycles. The van der Waals surface area contributed by atoms with Gasteiger partial charge in [0.1, 0.15) is 5.75 Å². The molecule has 0 atom stereocenters. The maximum absolute atomic E-state index is 12.5. The zero-order valence-electron chi connectivity index (χ0n) is 14.1. The van der Waals surface area contributed by atoms with Crippen LogP contribution in [0.25, 0.3) is 0 Å². The molecule has 134 valence electrons. The highest BCUT2D eigenvalue weighted by atomic mass is 19.4. The molecule has 2 rings (SSSR count). The Bertz CT molecular complexity index is 756. The monoisotopic (exact) mass is 352 g/mol. The van der Waals surface area contributed by atoms with E-state index in [1.165, 1.54) is 12.1 Å². The van der Waals surface area contributed by atoms with Crippen molar-refractivity contribution >= 4 is 11.7 Å². The van der Waals surface area contributed by atoms with Gasteiger partial charge in [-0.3, -0.25) is 0 Å². The smallest absolute Gasteiger partial charge is 0.416 e. The summed E-state index contributed by atoms with van der Waals surface area (Å²) in [7, 11) is 0. The van der Waals surface area contributed by atoms with Crippen molar-refractivity contribution in [3.63, 3.8) is 0 Å². The lowest BCUT2D eigenvalue weighted by molar-refractivity contribution is -0.137. The zero-order chi connectivity index (χ0) is 18.6. The van der Waals surface area contributed by atoms with Crippen molar-refractivity contribution in [2.45, 2.75) is 26.9 Å². The molecule has 0 aliphatic carbocycles. The number of nitrogens with one attached hydrogen (secondary N) is 2. The average Bonchev–Trinajstić information content (AvgIpc) is 2.54. The molecule has 0 saturated carbocycles. The standard InChI is InChI=1S/C18H19F3N2O2/c1-11-4-5-12(2)16(13(11)3)25-10-22-17(24)23-15-8-6-14(7-9-15)18(19,20)21/h4-9H,10H2,1-3H3,(H2,22,23,24). The summed E-state index contributed by atoms with van der Waals surface area (Å²) in [5.41, 5.74) is 2.51. The van der Waals surface area contributed by atoms with E-state index in [0.29, 0.717) is 5.75 Å². The lowest BCUT2D eigenvalue weighted by Gasteiger charge is -2.15. The third kappa shape index (κ3) is 4.89. The van der Waals surface area contributed by atoms with Crippen molar-refractivity contribution in [2.24, 2.45) is 0 Å². The Kier molecular flexibility index (Phi) is 5.56. The Balaban J connectivity index is 1.88. The Morgan fingerprint density at radius 1 is 1.00 bits per heavy atom. The molecule has 2 N–H and O–H groups in total. The Hall–Kier alpha value is -2.70. The molecule has 0 fully saturated rings. The number of hydrogen-bond acceptors (Lipinski definition) is 2. The van der Waals surface area contributed by atoms with Crippen LogP contribution in [-0.2, 0) is 6.18 Å². The van der Waals surface area contributed by atoms with E-state index in [1.54, 1.807) is 0 Å². The highest BCUT2D eigenvalue weighted by Gasteiger charge is 2.29. The number of rotatable bonds is 4. The van der Waals surface area contributed by atoms with E-state index in [9.17, 15) is 18.0 Å². The van der Waals surface area contributed by atoms with Crippen molar-refractivity contribution < 1.29 is 22.7 Å². The first kappa shape index (κ1) is 18.6. The van der Waals surface area contributed by atoms with Crippen molar-refractivity contribution in [2.75, 3.05) is 12.0 Å². The van der Waals surface area contributed by atoms with Crippen LogP contribution in [0.4, 0.5) is 23.7 Å². The average molecular weight is 352 g/mol.